The Bertz CT molecular complexity index is 278. The van der Waals surface area contributed by atoms with Crippen molar-refractivity contribution in [2.75, 3.05) is 11.9 Å². The van der Waals surface area contributed by atoms with Crippen LogP contribution in [0.1, 0.15) is 19.8 Å². The number of benzene rings is 1. The van der Waals surface area contributed by atoms with Crippen molar-refractivity contribution in [3.63, 3.8) is 0 Å². The predicted octanol–water partition coefficient (Wildman–Crippen LogP) is 2.91. The molecule has 0 saturated carbocycles. The van der Waals surface area contributed by atoms with E-state index in [1.807, 2.05) is 24.3 Å². The van der Waals surface area contributed by atoms with E-state index in [0.717, 1.165) is 23.6 Å². The summed E-state index contributed by atoms with van der Waals surface area (Å²) in [6, 6.07) is 8.02. The van der Waals surface area contributed by atoms with Gasteiger partial charge in [-0.15, -0.1) is 0 Å². The fourth-order valence-electron chi connectivity index (χ4n) is 1.33. The molecule has 1 aromatic carbocycles. The zero-order valence-corrected chi connectivity index (χ0v) is 9.09. The Balaban J connectivity index is 2.43. The van der Waals surface area contributed by atoms with Gasteiger partial charge < -0.3 is 10.4 Å². The molecule has 0 spiro atoms. The molecule has 1 aromatic rings. The van der Waals surface area contributed by atoms with E-state index in [1.165, 1.54) is 0 Å². The second kappa shape index (κ2) is 5.89. The molecule has 0 bridgehead atoms. The molecule has 3 heteroatoms. The third-order valence-electron chi connectivity index (χ3n) is 2.03. The standard InChI is InChI=1S/C11H16ClNO/c1-9(4-3-7-14)13-11-6-2-5-10(12)8-11/h2,5-6,8-9,13-14H,3-4,7H2,1H3. The molecule has 0 aliphatic carbocycles. The SMILES string of the molecule is CC(CCCO)Nc1cccc(Cl)c1. The van der Waals surface area contributed by atoms with Crippen molar-refractivity contribution in [1.29, 1.82) is 0 Å². The zero-order valence-electron chi connectivity index (χ0n) is 8.33. The van der Waals surface area contributed by atoms with Crippen LogP contribution in [0.25, 0.3) is 0 Å². The monoisotopic (exact) mass is 213 g/mol. The van der Waals surface area contributed by atoms with Crippen molar-refractivity contribution in [2.24, 2.45) is 0 Å². The van der Waals surface area contributed by atoms with E-state index in [9.17, 15) is 0 Å². The molecule has 2 N–H and O–H groups in total. The van der Waals surface area contributed by atoms with Gasteiger partial charge in [-0.2, -0.15) is 0 Å². The third-order valence-corrected chi connectivity index (χ3v) is 2.27. The predicted molar refractivity (Wildman–Crippen MR) is 60.9 cm³/mol. The molecule has 0 aliphatic rings. The van der Waals surface area contributed by atoms with E-state index in [2.05, 4.69) is 12.2 Å². The third kappa shape index (κ3) is 3.99. The summed E-state index contributed by atoms with van der Waals surface area (Å²) in [5.74, 6) is 0. The van der Waals surface area contributed by atoms with Gasteiger partial charge in [0.05, 0.1) is 0 Å². The highest BCUT2D eigenvalue weighted by atomic mass is 35.5. The van der Waals surface area contributed by atoms with Crippen molar-refractivity contribution in [1.82, 2.24) is 0 Å². The minimum atomic E-state index is 0.252. The van der Waals surface area contributed by atoms with Crippen molar-refractivity contribution in [2.45, 2.75) is 25.8 Å². The summed E-state index contributed by atoms with van der Waals surface area (Å²) in [4.78, 5) is 0. The van der Waals surface area contributed by atoms with Crippen LogP contribution in [0, 0.1) is 0 Å². The van der Waals surface area contributed by atoms with Gasteiger partial charge in [0.15, 0.2) is 0 Å². The molecule has 78 valence electrons. The maximum Gasteiger partial charge on any atom is 0.0431 e. The zero-order chi connectivity index (χ0) is 10.4. The number of hydrogen-bond acceptors (Lipinski definition) is 2. The summed E-state index contributed by atoms with van der Waals surface area (Å²) in [5, 5.41) is 12.7. The molecular weight excluding hydrogens is 198 g/mol. The Morgan fingerprint density at radius 3 is 2.93 bits per heavy atom. The van der Waals surface area contributed by atoms with Gasteiger partial charge in [-0.3, -0.25) is 0 Å². The molecule has 1 rings (SSSR count). The molecule has 0 heterocycles. The van der Waals surface area contributed by atoms with Gasteiger partial charge in [0.1, 0.15) is 0 Å². The molecule has 0 aromatic heterocycles. The van der Waals surface area contributed by atoms with Crippen LogP contribution in [0.15, 0.2) is 24.3 Å². The van der Waals surface area contributed by atoms with Crippen LogP contribution in [-0.2, 0) is 0 Å². The fraction of sp³-hybridized carbons (Fsp3) is 0.455. The van der Waals surface area contributed by atoms with E-state index in [4.69, 9.17) is 16.7 Å². The minimum absolute atomic E-state index is 0.252. The number of rotatable bonds is 5. The number of aliphatic hydroxyl groups excluding tert-OH is 1. The average Bonchev–Trinajstić information content (AvgIpc) is 2.15. The van der Waals surface area contributed by atoms with Crippen LogP contribution in [0.2, 0.25) is 5.02 Å². The van der Waals surface area contributed by atoms with Gasteiger partial charge in [0, 0.05) is 23.4 Å². The van der Waals surface area contributed by atoms with Crippen LogP contribution < -0.4 is 5.32 Å². The first-order valence-electron chi connectivity index (χ1n) is 4.85. The number of aliphatic hydroxyl groups is 1. The highest BCUT2D eigenvalue weighted by molar-refractivity contribution is 6.30. The largest absolute Gasteiger partial charge is 0.396 e. The van der Waals surface area contributed by atoms with E-state index in [0.29, 0.717) is 6.04 Å². The number of anilines is 1. The van der Waals surface area contributed by atoms with Crippen molar-refractivity contribution in [3.05, 3.63) is 29.3 Å². The van der Waals surface area contributed by atoms with Gasteiger partial charge in [-0.05, 0) is 38.0 Å². The van der Waals surface area contributed by atoms with E-state index in [1.54, 1.807) is 0 Å². The number of halogens is 1. The van der Waals surface area contributed by atoms with Crippen molar-refractivity contribution < 1.29 is 5.11 Å². The molecule has 2 nitrogen and oxygen atoms in total. The Morgan fingerprint density at radius 2 is 2.29 bits per heavy atom. The lowest BCUT2D eigenvalue weighted by Crippen LogP contribution is -2.15. The quantitative estimate of drug-likeness (QED) is 0.789. The lowest BCUT2D eigenvalue weighted by Gasteiger charge is -2.14. The summed E-state index contributed by atoms with van der Waals surface area (Å²) in [6.45, 7) is 2.35. The van der Waals surface area contributed by atoms with Gasteiger partial charge >= 0.3 is 0 Å². The molecule has 1 atom stereocenters. The van der Waals surface area contributed by atoms with E-state index >= 15 is 0 Å². The fourth-order valence-corrected chi connectivity index (χ4v) is 1.52. The van der Waals surface area contributed by atoms with Gasteiger partial charge in [-0.1, -0.05) is 17.7 Å². The Labute approximate surface area is 89.9 Å². The van der Waals surface area contributed by atoms with Crippen LogP contribution in [0.3, 0.4) is 0 Å². The van der Waals surface area contributed by atoms with Crippen molar-refractivity contribution >= 4 is 17.3 Å². The number of hydrogen-bond donors (Lipinski definition) is 2. The second-order valence-electron chi connectivity index (χ2n) is 3.42. The first-order chi connectivity index (χ1) is 6.72. The van der Waals surface area contributed by atoms with Crippen LogP contribution in [0.4, 0.5) is 5.69 Å². The molecule has 1 unspecified atom stereocenters. The van der Waals surface area contributed by atoms with Gasteiger partial charge in [-0.25, -0.2) is 0 Å². The molecule has 0 saturated heterocycles. The average molecular weight is 214 g/mol. The van der Waals surface area contributed by atoms with Gasteiger partial charge in [0.2, 0.25) is 0 Å². The summed E-state index contributed by atoms with van der Waals surface area (Å²) in [5.41, 5.74) is 1.03. The summed E-state index contributed by atoms with van der Waals surface area (Å²) < 4.78 is 0. The van der Waals surface area contributed by atoms with Crippen molar-refractivity contribution in [3.8, 4) is 0 Å². The van der Waals surface area contributed by atoms with E-state index < -0.39 is 0 Å². The topological polar surface area (TPSA) is 32.3 Å². The van der Waals surface area contributed by atoms with Crippen LogP contribution in [-0.4, -0.2) is 17.8 Å². The number of nitrogens with one attached hydrogen (secondary N) is 1. The highest BCUT2D eigenvalue weighted by Gasteiger charge is 2.01. The second-order valence-corrected chi connectivity index (χ2v) is 3.86. The minimum Gasteiger partial charge on any atom is -0.396 e. The molecule has 0 aliphatic heterocycles. The van der Waals surface area contributed by atoms with E-state index in [-0.39, 0.29) is 6.61 Å². The van der Waals surface area contributed by atoms with Gasteiger partial charge in [0.25, 0.3) is 0 Å². The maximum atomic E-state index is 8.68. The summed E-state index contributed by atoms with van der Waals surface area (Å²) >= 11 is 5.85. The molecular formula is C11H16ClNO. The molecule has 14 heavy (non-hydrogen) atoms. The molecule has 0 radical (unpaired) electrons. The summed E-state index contributed by atoms with van der Waals surface area (Å²) in [7, 11) is 0. The lowest BCUT2D eigenvalue weighted by atomic mass is 10.2. The lowest BCUT2D eigenvalue weighted by molar-refractivity contribution is 0.282. The molecule has 0 amide bonds. The molecule has 0 fully saturated rings. The Morgan fingerprint density at radius 1 is 1.50 bits per heavy atom. The van der Waals surface area contributed by atoms with Crippen LogP contribution in [0.5, 0.6) is 0 Å². The highest BCUT2D eigenvalue weighted by Crippen LogP contribution is 2.16. The normalized spacial score (nSPS) is 12.5. The van der Waals surface area contributed by atoms with Crippen LogP contribution >= 0.6 is 11.6 Å². The Hall–Kier alpha value is -0.730. The first-order valence-corrected chi connectivity index (χ1v) is 5.23. The Kier molecular flexibility index (Phi) is 4.77. The first kappa shape index (κ1) is 11.3. The maximum absolute atomic E-state index is 8.68. The summed E-state index contributed by atoms with van der Waals surface area (Å²) in [6.07, 6.45) is 1.79. The smallest absolute Gasteiger partial charge is 0.0431 e.